The van der Waals surface area contributed by atoms with Crippen LogP contribution in [0.1, 0.15) is 12.5 Å². The van der Waals surface area contributed by atoms with Crippen molar-refractivity contribution in [1.82, 2.24) is 0 Å². The maximum absolute atomic E-state index is 13.2. The zero-order chi connectivity index (χ0) is 12.3. The van der Waals surface area contributed by atoms with E-state index in [4.69, 9.17) is 5.73 Å². The minimum atomic E-state index is -4.51. The number of alkyl halides is 3. The van der Waals surface area contributed by atoms with Gasteiger partial charge in [-0.25, -0.2) is 4.39 Å². The maximum Gasteiger partial charge on any atom is 0.425 e. The molecular weight excluding hydrogens is 226 g/mol. The molecule has 1 atom stereocenters. The van der Waals surface area contributed by atoms with Crippen LogP contribution in [0.25, 0.3) is 0 Å². The quantitative estimate of drug-likeness (QED) is 0.820. The first-order valence-corrected chi connectivity index (χ1v) is 4.56. The highest BCUT2D eigenvalue weighted by molar-refractivity contribution is 5.29. The Labute approximate surface area is 90.0 Å². The zero-order valence-electron chi connectivity index (χ0n) is 8.51. The molecule has 0 saturated carbocycles. The first-order valence-electron chi connectivity index (χ1n) is 4.56. The SMILES string of the molecule is CC(Oc1ccc(CN)cc1F)C(F)(F)F. The molecule has 0 bridgehead atoms. The van der Waals surface area contributed by atoms with Crippen LogP contribution in [0.3, 0.4) is 0 Å². The molecule has 0 amide bonds. The second kappa shape index (κ2) is 4.69. The largest absolute Gasteiger partial charge is 0.478 e. The number of hydrogen-bond acceptors (Lipinski definition) is 2. The van der Waals surface area contributed by atoms with Gasteiger partial charge in [0.15, 0.2) is 17.7 Å². The van der Waals surface area contributed by atoms with Gasteiger partial charge in [-0.2, -0.15) is 13.2 Å². The number of rotatable bonds is 3. The fourth-order valence-corrected chi connectivity index (χ4v) is 1.02. The summed E-state index contributed by atoms with van der Waals surface area (Å²) in [4.78, 5) is 0. The van der Waals surface area contributed by atoms with E-state index in [9.17, 15) is 17.6 Å². The Morgan fingerprint density at radius 2 is 2.00 bits per heavy atom. The van der Waals surface area contributed by atoms with Crippen LogP contribution in [-0.4, -0.2) is 12.3 Å². The summed E-state index contributed by atoms with van der Waals surface area (Å²) in [5.41, 5.74) is 5.74. The normalized spacial score (nSPS) is 13.6. The van der Waals surface area contributed by atoms with Gasteiger partial charge in [0.1, 0.15) is 0 Å². The van der Waals surface area contributed by atoms with Crippen molar-refractivity contribution in [2.45, 2.75) is 25.7 Å². The smallest absolute Gasteiger partial charge is 0.425 e. The molecule has 6 heteroatoms. The van der Waals surface area contributed by atoms with E-state index < -0.39 is 23.8 Å². The molecule has 1 rings (SSSR count). The summed E-state index contributed by atoms with van der Waals surface area (Å²) < 4.78 is 54.1. The fraction of sp³-hybridized carbons (Fsp3) is 0.400. The van der Waals surface area contributed by atoms with E-state index >= 15 is 0 Å². The highest BCUT2D eigenvalue weighted by Crippen LogP contribution is 2.26. The van der Waals surface area contributed by atoms with Crippen molar-refractivity contribution in [3.63, 3.8) is 0 Å². The molecule has 0 aliphatic heterocycles. The van der Waals surface area contributed by atoms with Crippen molar-refractivity contribution in [1.29, 1.82) is 0 Å². The highest BCUT2D eigenvalue weighted by atomic mass is 19.4. The third-order valence-electron chi connectivity index (χ3n) is 2.00. The van der Waals surface area contributed by atoms with Crippen molar-refractivity contribution in [3.05, 3.63) is 29.6 Å². The minimum absolute atomic E-state index is 0.117. The van der Waals surface area contributed by atoms with E-state index in [1.165, 1.54) is 6.07 Å². The van der Waals surface area contributed by atoms with Crippen LogP contribution in [-0.2, 0) is 6.54 Å². The molecule has 0 aromatic heterocycles. The second-order valence-corrected chi connectivity index (χ2v) is 3.27. The molecule has 1 aromatic carbocycles. The Morgan fingerprint density at radius 3 is 2.44 bits per heavy atom. The number of benzene rings is 1. The molecule has 1 unspecified atom stereocenters. The predicted octanol–water partition coefficient (Wildman–Crippen LogP) is 2.61. The van der Waals surface area contributed by atoms with Crippen LogP contribution in [0, 0.1) is 5.82 Å². The summed E-state index contributed by atoms with van der Waals surface area (Å²) >= 11 is 0. The lowest BCUT2D eigenvalue weighted by Crippen LogP contribution is -2.31. The van der Waals surface area contributed by atoms with Crippen molar-refractivity contribution < 1.29 is 22.3 Å². The van der Waals surface area contributed by atoms with Gasteiger partial charge < -0.3 is 10.5 Å². The monoisotopic (exact) mass is 237 g/mol. The lowest BCUT2D eigenvalue weighted by atomic mass is 10.2. The van der Waals surface area contributed by atoms with Gasteiger partial charge >= 0.3 is 6.18 Å². The first kappa shape index (κ1) is 12.8. The van der Waals surface area contributed by atoms with Gasteiger partial charge in [-0.15, -0.1) is 0 Å². The number of halogens is 4. The average Bonchev–Trinajstić information content (AvgIpc) is 2.19. The maximum atomic E-state index is 13.2. The van der Waals surface area contributed by atoms with E-state index in [0.29, 0.717) is 5.56 Å². The standard InChI is InChI=1S/C10H11F4NO/c1-6(10(12,13)14)16-9-3-2-7(5-15)4-8(9)11/h2-4,6H,5,15H2,1H3. The molecule has 2 nitrogen and oxygen atoms in total. The van der Waals surface area contributed by atoms with Crippen LogP contribution >= 0.6 is 0 Å². The zero-order valence-corrected chi connectivity index (χ0v) is 8.51. The molecule has 0 aliphatic rings. The van der Waals surface area contributed by atoms with Gasteiger partial charge in [-0.05, 0) is 24.6 Å². The van der Waals surface area contributed by atoms with Gasteiger partial charge in [-0.3, -0.25) is 0 Å². The Morgan fingerprint density at radius 1 is 1.38 bits per heavy atom. The second-order valence-electron chi connectivity index (χ2n) is 3.27. The summed E-state index contributed by atoms with van der Waals surface area (Å²) in [5.74, 6) is -1.28. The number of nitrogens with two attached hydrogens (primary N) is 1. The molecule has 1 aromatic rings. The Balaban J connectivity index is 2.82. The fourth-order valence-electron chi connectivity index (χ4n) is 1.02. The van der Waals surface area contributed by atoms with Crippen LogP contribution in [0.5, 0.6) is 5.75 Å². The van der Waals surface area contributed by atoms with E-state index in [2.05, 4.69) is 4.74 Å². The number of hydrogen-bond donors (Lipinski definition) is 1. The topological polar surface area (TPSA) is 35.2 Å². The Hall–Kier alpha value is -1.30. The first-order chi connectivity index (χ1) is 7.34. The minimum Gasteiger partial charge on any atom is -0.478 e. The lowest BCUT2D eigenvalue weighted by molar-refractivity contribution is -0.189. The Kier molecular flexibility index (Phi) is 3.74. The highest BCUT2D eigenvalue weighted by Gasteiger charge is 2.38. The molecule has 0 aliphatic carbocycles. The van der Waals surface area contributed by atoms with Crippen LogP contribution < -0.4 is 10.5 Å². The van der Waals surface area contributed by atoms with E-state index in [1.54, 1.807) is 0 Å². The molecule has 0 saturated heterocycles. The average molecular weight is 237 g/mol. The van der Waals surface area contributed by atoms with Gasteiger partial charge in [0.25, 0.3) is 0 Å². The van der Waals surface area contributed by atoms with Crippen LogP contribution in [0.4, 0.5) is 17.6 Å². The molecule has 16 heavy (non-hydrogen) atoms. The summed E-state index contributed by atoms with van der Waals surface area (Å²) in [6.07, 6.45) is -6.57. The van der Waals surface area contributed by atoms with Gasteiger partial charge in [0, 0.05) is 6.54 Å². The van der Waals surface area contributed by atoms with Gasteiger partial charge in [-0.1, -0.05) is 6.07 Å². The van der Waals surface area contributed by atoms with E-state index in [-0.39, 0.29) is 6.54 Å². The molecule has 0 fully saturated rings. The molecule has 90 valence electrons. The third-order valence-corrected chi connectivity index (χ3v) is 2.00. The van der Waals surface area contributed by atoms with Crippen LogP contribution in [0.15, 0.2) is 18.2 Å². The van der Waals surface area contributed by atoms with Crippen LogP contribution in [0.2, 0.25) is 0 Å². The summed E-state index contributed by atoms with van der Waals surface area (Å²) in [6, 6.07) is 3.61. The third kappa shape index (κ3) is 3.10. The molecule has 2 N–H and O–H groups in total. The van der Waals surface area contributed by atoms with E-state index in [0.717, 1.165) is 19.1 Å². The molecule has 0 spiro atoms. The Bertz CT molecular complexity index is 364. The van der Waals surface area contributed by atoms with Gasteiger partial charge in [0.05, 0.1) is 0 Å². The predicted molar refractivity (Wildman–Crippen MR) is 50.4 cm³/mol. The van der Waals surface area contributed by atoms with Crippen molar-refractivity contribution in [2.75, 3.05) is 0 Å². The van der Waals surface area contributed by atoms with Crippen molar-refractivity contribution in [2.24, 2.45) is 5.73 Å². The summed E-state index contributed by atoms with van der Waals surface area (Å²) in [5, 5.41) is 0. The van der Waals surface area contributed by atoms with Crippen molar-refractivity contribution in [3.8, 4) is 5.75 Å². The van der Waals surface area contributed by atoms with E-state index in [1.807, 2.05) is 0 Å². The summed E-state index contributed by atoms with van der Waals surface area (Å²) in [6.45, 7) is 0.933. The van der Waals surface area contributed by atoms with Gasteiger partial charge in [0.2, 0.25) is 0 Å². The summed E-state index contributed by atoms with van der Waals surface area (Å²) in [7, 11) is 0. The molecule has 0 heterocycles. The van der Waals surface area contributed by atoms with Crippen molar-refractivity contribution >= 4 is 0 Å². The lowest BCUT2D eigenvalue weighted by Gasteiger charge is -2.18. The molecule has 0 radical (unpaired) electrons. The number of ether oxygens (including phenoxy) is 1. The molecular formula is C10H11F4NO.